The highest BCUT2D eigenvalue weighted by Gasteiger charge is 2.53. The number of hydrogen-bond acceptors (Lipinski definition) is 2. The van der Waals surface area contributed by atoms with Crippen LogP contribution in [0.3, 0.4) is 0 Å². The van der Waals surface area contributed by atoms with Crippen LogP contribution in [0.1, 0.15) is 49.3 Å². The van der Waals surface area contributed by atoms with Gasteiger partial charge < -0.3 is 5.32 Å². The highest BCUT2D eigenvalue weighted by molar-refractivity contribution is 8.13. The SMILES string of the molecule is C=C=S(NC(C)=O)c1ccc2c(c1)C1C3CCC(C3)C1C(c1ccccc1)N2. The van der Waals surface area contributed by atoms with Gasteiger partial charge in [-0.1, -0.05) is 35.4 Å². The summed E-state index contributed by atoms with van der Waals surface area (Å²) in [5.74, 6) is 2.81. The van der Waals surface area contributed by atoms with E-state index in [-0.39, 0.29) is 5.91 Å². The first kappa shape index (κ1) is 17.8. The van der Waals surface area contributed by atoms with Gasteiger partial charge in [-0.15, -0.1) is 0 Å². The minimum absolute atomic E-state index is 0.0442. The number of carbonyl (C=O) groups excluding carboxylic acids is 1. The fraction of sp³-hybridized carbons (Fsp3) is 0.375. The van der Waals surface area contributed by atoms with E-state index >= 15 is 0 Å². The predicted octanol–water partition coefficient (Wildman–Crippen LogP) is 5.25. The Morgan fingerprint density at radius 1 is 1.18 bits per heavy atom. The minimum atomic E-state index is -0.566. The Labute approximate surface area is 169 Å². The molecule has 0 aromatic heterocycles. The van der Waals surface area contributed by atoms with Crippen molar-refractivity contribution >= 4 is 27.3 Å². The number of amides is 1. The molecule has 2 aromatic carbocycles. The van der Waals surface area contributed by atoms with Gasteiger partial charge in [0.1, 0.15) is 0 Å². The van der Waals surface area contributed by atoms with Crippen molar-refractivity contribution in [3.63, 3.8) is 0 Å². The van der Waals surface area contributed by atoms with Crippen LogP contribution in [0.4, 0.5) is 5.69 Å². The lowest BCUT2D eigenvalue weighted by molar-refractivity contribution is -0.117. The molecule has 2 aromatic rings. The van der Waals surface area contributed by atoms with Gasteiger partial charge in [0.25, 0.3) is 0 Å². The molecule has 5 rings (SSSR count). The molecule has 1 heterocycles. The first-order valence-corrected chi connectivity index (χ1v) is 11.4. The molecule has 2 fully saturated rings. The molecule has 3 aliphatic rings. The van der Waals surface area contributed by atoms with Crippen molar-refractivity contribution in [1.82, 2.24) is 4.72 Å². The van der Waals surface area contributed by atoms with Crippen LogP contribution < -0.4 is 10.0 Å². The predicted molar refractivity (Wildman–Crippen MR) is 117 cm³/mol. The molecular weight excluding hydrogens is 364 g/mol. The Morgan fingerprint density at radius 2 is 1.96 bits per heavy atom. The summed E-state index contributed by atoms with van der Waals surface area (Å²) in [5, 5.41) is 6.88. The standard InChI is InChI=1S/C24H26N2OS/c1-3-28(26-15(2)27)19-11-12-21-20(14-19)22-17-9-10-18(13-17)23(22)24(25-21)16-7-5-4-6-8-16/h4-8,11-12,14,17-18,22-25H,1,9-10,13H2,2H3,(H,26,27). The van der Waals surface area contributed by atoms with Crippen LogP contribution >= 0.6 is 10.7 Å². The summed E-state index contributed by atoms with van der Waals surface area (Å²) in [6, 6.07) is 17.9. The number of fused-ring (bicyclic) bond motifs is 7. The quantitative estimate of drug-likeness (QED) is 0.703. The summed E-state index contributed by atoms with van der Waals surface area (Å²) >= 11 is 0. The molecule has 4 heteroatoms. The summed E-state index contributed by atoms with van der Waals surface area (Å²) in [7, 11) is -0.566. The molecule has 144 valence electrons. The van der Waals surface area contributed by atoms with E-state index in [1.54, 1.807) is 6.92 Å². The third kappa shape index (κ3) is 2.83. The number of benzene rings is 2. The van der Waals surface area contributed by atoms with Gasteiger partial charge in [-0.3, -0.25) is 9.52 Å². The molecule has 2 bridgehead atoms. The summed E-state index contributed by atoms with van der Waals surface area (Å²) < 4.78 is 2.98. The summed E-state index contributed by atoms with van der Waals surface area (Å²) in [5.41, 5.74) is 4.08. The van der Waals surface area contributed by atoms with E-state index in [1.165, 1.54) is 36.1 Å². The van der Waals surface area contributed by atoms with E-state index in [9.17, 15) is 4.79 Å². The molecule has 1 aliphatic heterocycles. The van der Waals surface area contributed by atoms with E-state index in [2.05, 4.69) is 70.2 Å². The fourth-order valence-corrected chi connectivity index (χ4v) is 7.00. The van der Waals surface area contributed by atoms with Crippen molar-refractivity contribution < 1.29 is 4.79 Å². The summed E-state index contributed by atoms with van der Waals surface area (Å²) in [6.45, 7) is 5.37. The first-order chi connectivity index (χ1) is 13.7. The normalized spacial score (nSPS) is 30.5. The molecule has 6 unspecified atom stereocenters. The second-order valence-corrected chi connectivity index (χ2v) is 9.90. The number of anilines is 1. The second kappa shape index (κ2) is 6.95. The summed E-state index contributed by atoms with van der Waals surface area (Å²) in [4.78, 5) is 12.7. The van der Waals surface area contributed by atoms with Crippen LogP contribution in [0.15, 0.2) is 60.0 Å². The zero-order chi connectivity index (χ0) is 19.3. The van der Waals surface area contributed by atoms with Crippen LogP contribution in [0.2, 0.25) is 0 Å². The Kier molecular flexibility index (Phi) is 4.41. The Hall–Kier alpha value is -2.29. The Balaban J connectivity index is 1.58. The van der Waals surface area contributed by atoms with Crippen molar-refractivity contribution in [1.29, 1.82) is 0 Å². The van der Waals surface area contributed by atoms with Crippen LogP contribution in [0.25, 0.3) is 0 Å². The largest absolute Gasteiger partial charge is 0.378 e. The smallest absolute Gasteiger partial charge is 0.226 e. The molecule has 2 aliphatic carbocycles. The maximum Gasteiger partial charge on any atom is 0.226 e. The topological polar surface area (TPSA) is 41.1 Å². The third-order valence-corrected chi connectivity index (χ3v) is 8.35. The van der Waals surface area contributed by atoms with E-state index in [0.29, 0.717) is 17.9 Å². The molecule has 0 saturated heterocycles. The van der Waals surface area contributed by atoms with Crippen molar-refractivity contribution in [3.05, 3.63) is 66.2 Å². The van der Waals surface area contributed by atoms with Crippen molar-refractivity contribution in [2.45, 2.75) is 43.0 Å². The monoisotopic (exact) mass is 390 g/mol. The van der Waals surface area contributed by atoms with Gasteiger partial charge in [-0.05, 0) is 89.5 Å². The van der Waals surface area contributed by atoms with Crippen LogP contribution in [0, 0.1) is 17.8 Å². The number of nitrogens with one attached hydrogen (secondary N) is 2. The van der Waals surface area contributed by atoms with Crippen LogP contribution in [-0.4, -0.2) is 10.9 Å². The minimum Gasteiger partial charge on any atom is -0.378 e. The average molecular weight is 391 g/mol. The van der Waals surface area contributed by atoms with Crippen molar-refractivity contribution in [3.8, 4) is 0 Å². The maximum absolute atomic E-state index is 11.6. The maximum atomic E-state index is 11.6. The molecule has 2 saturated carbocycles. The van der Waals surface area contributed by atoms with E-state index in [0.717, 1.165) is 16.7 Å². The highest BCUT2D eigenvalue weighted by atomic mass is 32.2. The van der Waals surface area contributed by atoms with E-state index < -0.39 is 10.7 Å². The zero-order valence-corrected chi connectivity index (χ0v) is 17.0. The van der Waals surface area contributed by atoms with Crippen LogP contribution in [0.5, 0.6) is 0 Å². The van der Waals surface area contributed by atoms with Gasteiger partial charge in [-0.2, -0.15) is 0 Å². The van der Waals surface area contributed by atoms with Gasteiger partial charge in [0, 0.05) is 17.5 Å². The number of hydrogen-bond donors (Lipinski definition) is 2. The van der Waals surface area contributed by atoms with Gasteiger partial charge in [-0.25, -0.2) is 0 Å². The van der Waals surface area contributed by atoms with Crippen LogP contribution in [-0.2, 0) is 4.79 Å². The van der Waals surface area contributed by atoms with E-state index in [1.807, 2.05) is 0 Å². The molecule has 2 N–H and O–H groups in total. The zero-order valence-electron chi connectivity index (χ0n) is 16.2. The lowest BCUT2D eigenvalue weighted by atomic mass is 9.68. The lowest BCUT2D eigenvalue weighted by Crippen LogP contribution is -2.35. The Morgan fingerprint density at radius 3 is 2.71 bits per heavy atom. The first-order valence-electron chi connectivity index (χ1n) is 10.2. The molecule has 1 amide bonds. The van der Waals surface area contributed by atoms with Crippen molar-refractivity contribution in [2.75, 3.05) is 5.32 Å². The summed E-state index contributed by atoms with van der Waals surface area (Å²) in [6.07, 6.45) is 4.07. The molecule has 0 spiro atoms. The molecular formula is C24H26N2OS. The fourth-order valence-electron chi connectivity index (χ4n) is 5.90. The molecule has 0 radical (unpaired) electrons. The highest BCUT2D eigenvalue weighted by Crippen LogP contribution is 2.63. The molecule has 3 nitrogen and oxygen atoms in total. The second-order valence-electron chi connectivity index (χ2n) is 8.33. The average Bonchev–Trinajstić information content (AvgIpc) is 3.34. The lowest BCUT2D eigenvalue weighted by Gasteiger charge is -2.43. The van der Waals surface area contributed by atoms with Gasteiger partial charge in [0.05, 0.1) is 6.04 Å². The van der Waals surface area contributed by atoms with Gasteiger partial charge >= 0.3 is 0 Å². The number of carbonyl (C=O) groups is 1. The van der Waals surface area contributed by atoms with E-state index in [4.69, 9.17) is 0 Å². The van der Waals surface area contributed by atoms with Gasteiger partial charge in [0.2, 0.25) is 5.91 Å². The third-order valence-electron chi connectivity index (χ3n) is 6.84. The van der Waals surface area contributed by atoms with Crippen molar-refractivity contribution in [2.24, 2.45) is 17.8 Å². The van der Waals surface area contributed by atoms with Gasteiger partial charge in [0.15, 0.2) is 0 Å². The number of rotatable bonds is 3. The Bertz CT molecular complexity index is 979. The molecule has 6 atom stereocenters. The molecule has 28 heavy (non-hydrogen) atoms.